The Labute approximate surface area is 124 Å². The molecule has 0 aliphatic carbocycles. The van der Waals surface area contributed by atoms with Gasteiger partial charge in [0.2, 0.25) is 0 Å². The van der Waals surface area contributed by atoms with Crippen LogP contribution in [0.25, 0.3) is 11.4 Å². The number of hydrogen-bond acceptors (Lipinski definition) is 2. The summed E-state index contributed by atoms with van der Waals surface area (Å²) in [6.45, 7) is 6.15. The normalized spacial score (nSPS) is 11.9. The smallest absolute Gasteiger partial charge is 0.164 e. The predicted octanol–water partition coefficient (Wildman–Crippen LogP) is 4.34. The van der Waals surface area contributed by atoms with Crippen LogP contribution in [0.1, 0.15) is 26.6 Å². The fraction of sp³-hybridized carbons (Fsp3) is 0.385. The first kappa shape index (κ1) is 14.5. The molecule has 0 amide bonds. The van der Waals surface area contributed by atoms with Crippen LogP contribution in [0.15, 0.2) is 22.7 Å². The van der Waals surface area contributed by atoms with Crippen LogP contribution in [-0.4, -0.2) is 14.8 Å². The van der Waals surface area contributed by atoms with E-state index >= 15 is 0 Å². The minimum Gasteiger partial charge on any atom is -0.305 e. The van der Waals surface area contributed by atoms with Crippen molar-refractivity contribution in [3.8, 4) is 11.4 Å². The molecule has 3 nitrogen and oxygen atoms in total. The number of alkyl halides is 1. The first-order valence-corrected chi connectivity index (χ1v) is 7.13. The summed E-state index contributed by atoms with van der Waals surface area (Å²) >= 11 is 9.09. The topological polar surface area (TPSA) is 30.7 Å². The molecule has 0 aliphatic heterocycles. The van der Waals surface area contributed by atoms with Crippen molar-refractivity contribution in [1.29, 1.82) is 0 Å². The first-order chi connectivity index (χ1) is 8.84. The molecule has 0 bridgehead atoms. The van der Waals surface area contributed by atoms with Crippen molar-refractivity contribution in [2.45, 2.75) is 32.2 Å². The fourth-order valence-electron chi connectivity index (χ4n) is 1.93. The maximum Gasteiger partial charge on any atom is 0.164 e. The van der Waals surface area contributed by atoms with E-state index in [4.69, 9.17) is 11.6 Å². The van der Waals surface area contributed by atoms with Gasteiger partial charge in [-0.05, 0) is 54.9 Å². The number of hydrogen-bond donors (Lipinski definition) is 0. The third-order valence-corrected chi connectivity index (χ3v) is 3.54. The Hall–Kier alpha value is -0.940. The Morgan fingerprint density at radius 3 is 2.53 bits per heavy atom. The highest BCUT2D eigenvalue weighted by molar-refractivity contribution is 9.10. The van der Waals surface area contributed by atoms with Gasteiger partial charge in [-0.25, -0.2) is 4.39 Å². The second kappa shape index (κ2) is 5.21. The minimum atomic E-state index is -0.303. The largest absolute Gasteiger partial charge is 0.305 e. The second-order valence-corrected chi connectivity index (χ2v) is 6.33. The van der Waals surface area contributed by atoms with Crippen LogP contribution in [0.2, 0.25) is 0 Å². The number of rotatable bonds is 2. The van der Waals surface area contributed by atoms with Gasteiger partial charge in [-0.15, -0.1) is 21.8 Å². The molecule has 6 heteroatoms. The molecule has 1 heterocycles. The van der Waals surface area contributed by atoms with Crippen LogP contribution in [0.5, 0.6) is 0 Å². The summed E-state index contributed by atoms with van der Waals surface area (Å²) in [5.74, 6) is 1.36. The highest BCUT2D eigenvalue weighted by atomic mass is 79.9. The van der Waals surface area contributed by atoms with Gasteiger partial charge in [0.05, 0.1) is 10.4 Å². The lowest BCUT2D eigenvalue weighted by Gasteiger charge is -2.24. The van der Waals surface area contributed by atoms with Crippen molar-refractivity contribution >= 4 is 27.5 Å². The van der Waals surface area contributed by atoms with Gasteiger partial charge in [0.1, 0.15) is 11.6 Å². The van der Waals surface area contributed by atoms with Gasteiger partial charge in [0, 0.05) is 11.1 Å². The molecule has 0 spiro atoms. The van der Waals surface area contributed by atoms with Gasteiger partial charge >= 0.3 is 0 Å². The van der Waals surface area contributed by atoms with Crippen molar-refractivity contribution in [3.05, 3.63) is 34.3 Å². The highest BCUT2D eigenvalue weighted by Crippen LogP contribution is 2.29. The molecule has 2 rings (SSSR count). The average Bonchev–Trinajstić information content (AvgIpc) is 2.76. The van der Waals surface area contributed by atoms with E-state index in [-0.39, 0.29) is 17.2 Å². The van der Waals surface area contributed by atoms with E-state index in [0.29, 0.717) is 16.1 Å². The van der Waals surface area contributed by atoms with E-state index in [0.717, 1.165) is 5.56 Å². The van der Waals surface area contributed by atoms with Gasteiger partial charge < -0.3 is 4.57 Å². The molecule has 0 N–H and O–H groups in total. The number of nitrogens with zero attached hydrogens (tertiary/aromatic N) is 3. The molecular formula is C13H14BrClFN3. The summed E-state index contributed by atoms with van der Waals surface area (Å²) in [5, 5.41) is 8.28. The Balaban J connectivity index is 2.62. The minimum absolute atomic E-state index is 0.204. The van der Waals surface area contributed by atoms with Crippen molar-refractivity contribution in [3.63, 3.8) is 0 Å². The lowest BCUT2D eigenvalue weighted by Crippen LogP contribution is -2.24. The van der Waals surface area contributed by atoms with Crippen LogP contribution in [-0.2, 0) is 11.4 Å². The van der Waals surface area contributed by atoms with Gasteiger partial charge in [-0.2, -0.15) is 0 Å². The molecule has 2 aromatic rings. The van der Waals surface area contributed by atoms with Crippen LogP contribution in [0, 0.1) is 5.82 Å². The number of aromatic nitrogens is 3. The Morgan fingerprint density at radius 1 is 1.32 bits per heavy atom. The summed E-state index contributed by atoms with van der Waals surface area (Å²) in [6.07, 6.45) is 0. The summed E-state index contributed by atoms with van der Waals surface area (Å²) in [4.78, 5) is 0. The van der Waals surface area contributed by atoms with E-state index < -0.39 is 0 Å². The summed E-state index contributed by atoms with van der Waals surface area (Å²) < 4.78 is 15.7. The second-order valence-electron chi connectivity index (χ2n) is 5.21. The average molecular weight is 347 g/mol. The fourth-order valence-corrected chi connectivity index (χ4v) is 2.48. The number of benzene rings is 1. The monoisotopic (exact) mass is 345 g/mol. The van der Waals surface area contributed by atoms with Crippen LogP contribution in [0.4, 0.5) is 4.39 Å². The SMILES string of the molecule is CC(C)(C)n1c(CCl)nnc1-c1ccc(F)c(Br)c1. The molecule has 0 saturated heterocycles. The highest BCUT2D eigenvalue weighted by Gasteiger charge is 2.23. The summed E-state index contributed by atoms with van der Waals surface area (Å²) in [5.41, 5.74) is 0.594. The van der Waals surface area contributed by atoms with Crippen LogP contribution >= 0.6 is 27.5 Å². The summed E-state index contributed by atoms with van der Waals surface area (Å²) in [7, 11) is 0. The molecule has 19 heavy (non-hydrogen) atoms. The molecule has 0 unspecified atom stereocenters. The van der Waals surface area contributed by atoms with E-state index in [2.05, 4.69) is 46.9 Å². The summed E-state index contributed by atoms with van der Waals surface area (Å²) in [6, 6.07) is 4.78. The zero-order chi connectivity index (χ0) is 14.2. The Kier molecular flexibility index (Phi) is 3.97. The maximum atomic E-state index is 13.3. The van der Waals surface area contributed by atoms with E-state index in [1.807, 2.05) is 4.57 Å². The molecule has 0 aliphatic rings. The molecule has 0 atom stereocenters. The Morgan fingerprint density at radius 2 is 2.00 bits per heavy atom. The molecule has 1 aromatic carbocycles. The van der Waals surface area contributed by atoms with Crippen LogP contribution in [0.3, 0.4) is 0 Å². The molecule has 102 valence electrons. The number of halogens is 3. The molecule has 0 saturated carbocycles. The lowest BCUT2D eigenvalue weighted by molar-refractivity contribution is 0.390. The predicted molar refractivity (Wildman–Crippen MR) is 77.7 cm³/mol. The molecule has 0 radical (unpaired) electrons. The van der Waals surface area contributed by atoms with Gasteiger partial charge in [0.15, 0.2) is 5.82 Å². The first-order valence-electron chi connectivity index (χ1n) is 5.80. The van der Waals surface area contributed by atoms with E-state index in [1.54, 1.807) is 12.1 Å². The Bertz CT molecular complexity index is 604. The molecule has 0 fully saturated rings. The third kappa shape index (κ3) is 2.82. The van der Waals surface area contributed by atoms with Crippen molar-refractivity contribution in [1.82, 2.24) is 14.8 Å². The van der Waals surface area contributed by atoms with Crippen molar-refractivity contribution in [2.75, 3.05) is 0 Å². The standard InChI is InChI=1S/C13H14BrClFN3/c1-13(2,3)19-11(7-15)17-18-12(19)8-4-5-10(16)9(14)6-8/h4-6H,7H2,1-3H3. The lowest BCUT2D eigenvalue weighted by atomic mass is 10.1. The molecule has 1 aromatic heterocycles. The van der Waals surface area contributed by atoms with E-state index in [9.17, 15) is 4.39 Å². The van der Waals surface area contributed by atoms with Crippen molar-refractivity contribution < 1.29 is 4.39 Å². The molecular weight excluding hydrogens is 333 g/mol. The quantitative estimate of drug-likeness (QED) is 0.757. The van der Waals surface area contributed by atoms with Gasteiger partial charge in [-0.3, -0.25) is 0 Å². The maximum absolute atomic E-state index is 13.3. The van der Waals surface area contributed by atoms with Crippen LogP contribution < -0.4 is 0 Å². The van der Waals surface area contributed by atoms with Crippen molar-refractivity contribution in [2.24, 2.45) is 0 Å². The van der Waals surface area contributed by atoms with Gasteiger partial charge in [0.25, 0.3) is 0 Å². The zero-order valence-electron chi connectivity index (χ0n) is 10.9. The third-order valence-electron chi connectivity index (χ3n) is 2.70. The van der Waals surface area contributed by atoms with Gasteiger partial charge in [-0.1, -0.05) is 0 Å². The van der Waals surface area contributed by atoms with E-state index in [1.165, 1.54) is 6.07 Å². The zero-order valence-corrected chi connectivity index (χ0v) is 13.3.